The molecule has 1 atom stereocenters. The van der Waals surface area contributed by atoms with E-state index in [1.165, 1.54) is 6.33 Å². The topological polar surface area (TPSA) is 71.1 Å². The van der Waals surface area contributed by atoms with Crippen molar-refractivity contribution in [2.24, 2.45) is 5.92 Å². The molecule has 2 fully saturated rings. The van der Waals surface area contributed by atoms with Crippen LogP contribution in [0.15, 0.2) is 30.6 Å². The van der Waals surface area contributed by atoms with Gasteiger partial charge in [0.2, 0.25) is 0 Å². The molecule has 6 nitrogen and oxygen atoms in total. The molecule has 1 saturated heterocycles. The van der Waals surface area contributed by atoms with E-state index >= 15 is 0 Å². The molecular formula is C17H20N4O2. The van der Waals surface area contributed by atoms with Crippen LogP contribution in [0.2, 0.25) is 0 Å². The summed E-state index contributed by atoms with van der Waals surface area (Å²) in [5.41, 5.74) is 1.67. The second-order valence-corrected chi connectivity index (χ2v) is 6.33. The van der Waals surface area contributed by atoms with Gasteiger partial charge in [-0.25, -0.2) is 4.98 Å². The number of carbonyl (C=O) groups is 1. The minimum Gasteiger partial charge on any atom is -0.381 e. The van der Waals surface area contributed by atoms with Crippen molar-refractivity contribution in [3.63, 3.8) is 0 Å². The molecule has 4 rings (SSSR count). The standard InChI is InChI=1S/C17H20N4O2/c22-17(21(15-5-6-15)9-12-7-8-23-10-12)14-3-1-13(2-4-14)16-18-11-19-20-16/h1-4,11-12,15H,5-10H2,(H,18,19,20). The monoisotopic (exact) mass is 312 g/mol. The number of carbonyl (C=O) groups excluding carboxylic acids is 1. The maximum Gasteiger partial charge on any atom is 0.254 e. The number of hydrogen-bond acceptors (Lipinski definition) is 4. The van der Waals surface area contributed by atoms with Crippen LogP contribution in [-0.2, 0) is 4.74 Å². The second-order valence-electron chi connectivity index (χ2n) is 6.33. The quantitative estimate of drug-likeness (QED) is 0.918. The number of hydrogen-bond donors (Lipinski definition) is 1. The number of ether oxygens (including phenoxy) is 1. The smallest absolute Gasteiger partial charge is 0.254 e. The number of rotatable bonds is 5. The molecule has 2 aromatic rings. The van der Waals surface area contributed by atoms with Gasteiger partial charge in [0.15, 0.2) is 5.82 Å². The number of H-pyrrole nitrogens is 1. The van der Waals surface area contributed by atoms with Gasteiger partial charge in [0, 0.05) is 36.2 Å². The van der Waals surface area contributed by atoms with Crippen molar-refractivity contribution in [3.8, 4) is 11.4 Å². The van der Waals surface area contributed by atoms with E-state index < -0.39 is 0 Å². The summed E-state index contributed by atoms with van der Waals surface area (Å²) in [6, 6.07) is 7.99. The van der Waals surface area contributed by atoms with Crippen molar-refractivity contribution >= 4 is 5.91 Å². The van der Waals surface area contributed by atoms with Crippen LogP contribution in [0.25, 0.3) is 11.4 Å². The molecule has 1 aliphatic heterocycles. The SMILES string of the molecule is O=C(c1ccc(-c2ncn[nH]2)cc1)N(CC1CCOC1)C1CC1. The predicted molar refractivity (Wildman–Crippen MR) is 84.8 cm³/mol. The Morgan fingerprint density at radius 1 is 1.26 bits per heavy atom. The summed E-state index contributed by atoms with van der Waals surface area (Å²) in [6.45, 7) is 2.41. The number of benzene rings is 1. The summed E-state index contributed by atoms with van der Waals surface area (Å²) in [6.07, 6.45) is 4.78. The highest BCUT2D eigenvalue weighted by atomic mass is 16.5. The van der Waals surface area contributed by atoms with Crippen LogP contribution < -0.4 is 0 Å². The lowest BCUT2D eigenvalue weighted by atomic mass is 10.1. The molecule has 0 spiro atoms. The minimum absolute atomic E-state index is 0.128. The third-order valence-corrected chi connectivity index (χ3v) is 4.55. The molecule has 1 aliphatic carbocycles. The molecule has 120 valence electrons. The summed E-state index contributed by atoms with van der Waals surface area (Å²) in [5.74, 6) is 1.32. The van der Waals surface area contributed by atoms with Gasteiger partial charge in [-0.2, -0.15) is 5.10 Å². The van der Waals surface area contributed by atoms with Crippen LogP contribution >= 0.6 is 0 Å². The molecule has 0 bridgehead atoms. The van der Waals surface area contributed by atoms with Gasteiger partial charge in [0.25, 0.3) is 5.91 Å². The molecule has 1 amide bonds. The predicted octanol–water partition coefficient (Wildman–Crippen LogP) is 2.11. The molecule has 1 aromatic carbocycles. The zero-order valence-electron chi connectivity index (χ0n) is 12.9. The van der Waals surface area contributed by atoms with Crippen LogP contribution in [0.1, 0.15) is 29.6 Å². The van der Waals surface area contributed by atoms with Gasteiger partial charge in [0.05, 0.1) is 6.61 Å². The number of aromatic nitrogens is 3. The van der Waals surface area contributed by atoms with Gasteiger partial charge < -0.3 is 9.64 Å². The van der Waals surface area contributed by atoms with Crippen molar-refractivity contribution in [1.29, 1.82) is 0 Å². The third kappa shape index (κ3) is 3.12. The molecule has 2 heterocycles. The zero-order chi connectivity index (χ0) is 15.6. The van der Waals surface area contributed by atoms with E-state index in [2.05, 4.69) is 15.2 Å². The van der Waals surface area contributed by atoms with Crippen molar-refractivity contribution < 1.29 is 9.53 Å². The summed E-state index contributed by atoms with van der Waals surface area (Å²) < 4.78 is 5.45. The fourth-order valence-corrected chi connectivity index (χ4v) is 3.07. The summed E-state index contributed by atoms with van der Waals surface area (Å²) in [5, 5.41) is 6.68. The molecule has 23 heavy (non-hydrogen) atoms. The molecule has 2 aliphatic rings. The average Bonchev–Trinajstić information content (AvgIpc) is 3.06. The van der Waals surface area contributed by atoms with Gasteiger partial charge in [-0.3, -0.25) is 9.89 Å². The Morgan fingerprint density at radius 3 is 2.70 bits per heavy atom. The third-order valence-electron chi connectivity index (χ3n) is 4.55. The van der Waals surface area contributed by atoms with E-state index in [0.717, 1.165) is 50.1 Å². The van der Waals surface area contributed by atoms with Crippen LogP contribution in [-0.4, -0.2) is 51.8 Å². The fourth-order valence-electron chi connectivity index (χ4n) is 3.07. The lowest BCUT2D eigenvalue weighted by Gasteiger charge is -2.25. The Balaban J connectivity index is 1.49. The molecule has 6 heteroatoms. The molecule has 0 radical (unpaired) electrons. The van der Waals surface area contributed by atoms with Crippen molar-refractivity contribution in [2.45, 2.75) is 25.3 Å². The zero-order valence-corrected chi connectivity index (χ0v) is 12.9. The second kappa shape index (κ2) is 6.12. The maximum absolute atomic E-state index is 12.9. The van der Waals surface area contributed by atoms with Gasteiger partial charge in [-0.05, 0) is 31.4 Å². The van der Waals surface area contributed by atoms with Crippen LogP contribution in [0.4, 0.5) is 0 Å². The van der Waals surface area contributed by atoms with Gasteiger partial charge >= 0.3 is 0 Å². The Morgan fingerprint density at radius 2 is 2.09 bits per heavy atom. The Kier molecular flexibility index (Phi) is 3.83. The van der Waals surface area contributed by atoms with E-state index in [-0.39, 0.29) is 5.91 Å². The normalized spacial score (nSPS) is 20.6. The highest BCUT2D eigenvalue weighted by Crippen LogP contribution is 2.30. The number of nitrogens with zero attached hydrogens (tertiary/aromatic N) is 3. The number of amides is 1. The highest BCUT2D eigenvalue weighted by Gasteiger charge is 2.35. The van der Waals surface area contributed by atoms with E-state index in [0.29, 0.717) is 17.8 Å². The van der Waals surface area contributed by atoms with Crippen LogP contribution in [0.5, 0.6) is 0 Å². The molecular weight excluding hydrogens is 292 g/mol. The molecule has 1 unspecified atom stereocenters. The van der Waals surface area contributed by atoms with Gasteiger partial charge in [-0.1, -0.05) is 12.1 Å². The molecule has 1 saturated carbocycles. The summed E-state index contributed by atoms with van der Waals surface area (Å²) in [4.78, 5) is 19.0. The van der Waals surface area contributed by atoms with Crippen molar-refractivity contribution in [2.75, 3.05) is 19.8 Å². The fraction of sp³-hybridized carbons (Fsp3) is 0.471. The Bertz CT molecular complexity index is 658. The first kappa shape index (κ1) is 14.4. The van der Waals surface area contributed by atoms with Gasteiger partial charge in [0.1, 0.15) is 6.33 Å². The Hall–Kier alpha value is -2.21. The van der Waals surface area contributed by atoms with Crippen LogP contribution in [0.3, 0.4) is 0 Å². The Labute approximate surface area is 134 Å². The van der Waals surface area contributed by atoms with Crippen molar-refractivity contribution in [1.82, 2.24) is 20.1 Å². The maximum atomic E-state index is 12.9. The summed E-state index contributed by atoms with van der Waals surface area (Å²) >= 11 is 0. The first-order valence-corrected chi connectivity index (χ1v) is 8.16. The lowest BCUT2D eigenvalue weighted by molar-refractivity contribution is 0.0706. The summed E-state index contributed by atoms with van der Waals surface area (Å²) in [7, 11) is 0. The van der Waals surface area contributed by atoms with E-state index in [4.69, 9.17) is 4.74 Å². The number of nitrogens with one attached hydrogen (secondary N) is 1. The number of aromatic amines is 1. The highest BCUT2D eigenvalue weighted by molar-refractivity contribution is 5.95. The lowest BCUT2D eigenvalue weighted by Crippen LogP contribution is -2.37. The largest absolute Gasteiger partial charge is 0.381 e. The minimum atomic E-state index is 0.128. The van der Waals surface area contributed by atoms with Crippen molar-refractivity contribution in [3.05, 3.63) is 36.2 Å². The van der Waals surface area contributed by atoms with E-state index in [1.807, 2.05) is 29.2 Å². The first-order valence-electron chi connectivity index (χ1n) is 8.16. The molecule has 1 N–H and O–H groups in total. The van der Waals surface area contributed by atoms with E-state index in [9.17, 15) is 4.79 Å². The first-order chi connectivity index (χ1) is 11.3. The van der Waals surface area contributed by atoms with Crippen LogP contribution in [0, 0.1) is 5.92 Å². The average molecular weight is 312 g/mol. The van der Waals surface area contributed by atoms with Gasteiger partial charge in [-0.15, -0.1) is 0 Å². The molecule has 1 aromatic heterocycles. The van der Waals surface area contributed by atoms with E-state index in [1.54, 1.807) is 0 Å².